The number of benzene rings is 2. The first-order valence-corrected chi connectivity index (χ1v) is 10.7. The second-order valence-corrected chi connectivity index (χ2v) is 8.18. The summed E-state index contributed by atoms with van der Waals surface area (Å²) in [5.41, 5.74) is 3.28. The minimum absolute atomic E-state index is 0.148. The summed E-state index contributed by atoms with van der Waals surface area (Å²) >= 11 is 1.50. The fourth-order valence-corrected chi connectivity index (χ4v) is 4.24. The molecule has 1 heterocycles. The third kappa shape index (κ3) is 5.34. The third-order valence-electron chi connectivity index (χ3n) is 4.71. The molecule has 0 aliphatic heterocycles. The number of hydrogen-bond donors (Lipinski definition) is 0. The Morgan fingerprint density at radius 2 is 1.93 bits per heavy atom. The van der Waals surface area contributed by atoms with Gasteiger partial charge in [-0.3, -0.25) is 4.79 Å². The SMILES string of the molecule is CCOc1ccc2c(c1)sc(=NC(=O)Cc1ccc(C(C)C)cc1)n2CCOC. The van der Waals surface area contributed by atoms with Gasteiger partial charge in [-0.2, -0.15) is 4.99 Å². The van der Waals surface area contributed by atoms with Gasteiger partial charge >= 0.3 is 0 Å². The number of aromatic nitrogens is 1. The van der Waals surface area contributed by atoms with Crippen LogP contribution >= 0.6 is 11.3 Å². The summed E-state index contributed by atoms with van der Waals surface area (Å²) in [5, 5.41) is 0. The lowest BCUT2D eigenvalue weighted by Gasteiger charge is -2.06. The quantitative estimate of drug-likeness (QED) is 0.546. The molecule has 5 nitrogen and oxygen atoms in total. The zero-order chi connectivity index (χ0) is 20.8. The number of fused-ring (bicyclic) bond motifs is 1. The molecule has 2 aromatic carbocycles. The molecule has 29 heavy (non-hydrogen) atoms. The second kappa shape index (κ2) is 9.85. The summed E-state index contributed by atoms with van der Waals surface area (Å²) in [6.07, 6.45) is 0.293. The first-order chi connectivity index (χ1) is 14.0. The van der Waals surface area contributed by atoms with E-state index >= 15 is 0 Å². The molecule has 0 fully saturated rings. The molecule has 0 atom stereocenters. The van der Waals surface area contributed by atoms with Crippen molar-refractivity contribution in [3.63, 3.8) is 0 Å². The monoisotopic (exact) mass is 412 g/mol. The van der Waals surface area contributed by atoms with E-state index < -0.39 is 0 Å². The molecule has 0 aliphatic carbocycles. The molecule has 3 rings (SSSR count). The van der Waals surface area contributed by atoms with E-state index in [2.05, 4.69) is 31.0 Å². The van der Waals surface area contributed by atoms with Crippen LogP contribution in [0.15, 0.2) is 47.5 Å². The predicted molar refractivity (Wildman–Crippen MR) is 118 cm³/mol. The molecule has 0 saturated heterocycles. The summed E-state index contributed by atoms with van der Waals surface area (Å²) in [7, 11) is 1.67. The van der Waals surface area contributed by atoms with Gasteiger partial charge in [0.2, 0.25) is 0 Å². The molecule has 1 amide bonds. The van der Waals surface area contributed by atoms with Crippen LogP contribution in [0.4, 0.5) is 0 Å². The number of ether oxygens (including phenoxy) is 2. The molecule has 0 N–H and O–H groups in total. The Hall–Kier alpha value is -2.44. The number of thiazole rings is 1. The number of carbonyl (C=O) groups is 1. The molecule has 6 heteroatoms. The smallest absolute Gasteiger partial charge is 0.252 e. The molecule has 0 saturated carbocycles. The third-order valence-corrected chi connectivity index (χ3v) is 5.75. The Morgan fingerprint density at radius 3 is 2.59 bits per heavy atom. The van der Waals surface area contributed by atoms with Crippen LogP contribution < -0.4 is 9.54 Å². The van der Waals surface area contributed by atoms with Gasteiger partial charge in [0.1, 0.15) is 5.75 Å². The minimum Gasteiger partial charge on any atom is -0.494 e. The fraction of sp³-hybridized carbons (Fsp3) is 0.391. The summed E-state index contributed by atoms with van der Waals surface area (Å²) < 4.78 is 13.9. The van der Waals surface area contributed by atoms with Gasteiger partial charge in [0.25, 0.3) is 5.91 Å². The Labute approximate surface area is 175 Å². The molecule has 0 spiro atoms. The van der Waals surface area contributed by atoms with Gasteiger partial charge in [-0.25, -0.2) is 0 Å². The van der Waals surface area contributed by atoms with E-state index in [-0.39, 0.29) is 5.91 Å². The van der Waals surface area contributed by atoms with Crippen LogP contribution in [0.2, 0.25) is 0 Å². The minimum atomic E-state index is -0.148. The zero-order valence-corrected chi connectivity index (χ0v) is 18.3. The Morgan fingerprint density at radius 1 is 1.17 bits per heavy atom. The molecule has 1 aromatic heterocycles. The van der Waals surface area contributed by atoms with Crippen LogP contribution in [-0.2, 0) is 22.5 Å². The van der Waals surface area contributed by atoms with Gasteiger partial charge in [-0.1, -0.05) is 49.4 Å². The highest BCUT2D eigenvalue weighted by Gasteiger charge is 2.10. The van der Waals surface area contributed by atoms with Crippen molar-refractivity contribution >= 4 is 27.5 Å². The van der Waals surface area contributed by atoms with Crippen LogP contribution in [0.1, 0.15) is 37.8 Å². The van der Waals surface area contributed by atoms with Crippen molar-refractivity contribution in [1.29, 1.82) is 0 Å². The summed E-state index contributed by atoms with van der Waals surface area (Å²) in [6.45, 7) is 8.09. The van der Waals surface area contributed by atoms with Crippen molar-refractivity contribution in [3.8, 4) is 5.75 Å². The maximum absolute atomic E-state index is 12.6. The number of amides is 1. The van der Waals surface area contributed by atoms with E-state index in [1.165, 1.54) is 16.9 Å². The van der Waals surface area contributed by atoms with E-state index in [9.17, 15) is 4.79 Å². The fourth-order valence-electron chi connectivity index (χ4n) is 3.14. The van der Waals surface area contributed by atoms with Crippen molar-refractivity contribution < 1.29 is 14.3 Å². The Kier molecular flexibility index (Phi) is 7.23. The summed E-state index contributed by atoms with van der Waals surface area (Å²) in [4.78, 5) is 17.8. The van der Waals surface area contributed by atoms with E-state index in [1.807, 2.05) is 41.8 Å². The lowest BCUT2D eigenvalue weighted by atomic mass is 10.0. The van der Waals surface area contributed by atoms with Crippen molar-refractivity contribution in [2.45, 2.75) is 39.7 Å². The second-order valence-electron chi connectivity index (χ2n) is 7.17. The number of hydrogen-bond acceptors (Lipinski definition) is 4. The van der Waals surface area contributed by atoms with Crippen LogP contribution in [0, 0.1) is 0 Å². The Bertz CT molecular complexity index is 1030. The normalized spacial score (nSPS) is 12.1. The number of rotatable bonds is 8. The average molecular weight is 413 g/mol. The van der Waals surface area contributed by atoms with Crippen LogP contribution in [0.25, 0.3) is 10.2 Å². The van der Waals surface area contributed by atoms with Crippen molar-refractivity contribution in [2.75, 3.05) is 20.3 Å². The van der Waals surface area contributed by atoms with Crippen molar-refractivity contribution in [1.82, 2.24) is 4.57 Å². The number of methoxy groups -OCH3 is 1. The average Bonchev–Trinajstić information content (AvgIpc) is 3.03. The molecule has 154 valence electrons. The largest absolute Gasteiger partial charge is 0.494 e. The highest BCUT2D eigenvalue weighted by atomic mass is 32.1. The molecular weight excluding hydrogens is 384 g/mol. The first kappa shape index (κ1) is 21.3. The lowest BCUT2D eigenvalue weighted by molar-refractivity contribution is -0.117. The van der Waals surface area contributed by atoms with E-state index in [4.69, 9.17) is 9.47 Å². The van der Waals surface area contributed by atoms with Crippen molar-refractivity contribution in [2.24, 2.45) is 4.99 Å². The highest BCUT2D eigenvalue weighted by Crippen LogP contribution is 2.23. The molecule has 0 radical (unpaired) electrons. The predicted octanol–water partition coefficient (Wildman–Crippen LogP) is 4.54. The highest BCUT2D eigenvalue weighted by molar-refractivity contribution is 7.16. The summed E-state index contributed by atoms with van der Waals surface area (Å²) in [5.74, 6) is 1.15. The number of carbonyl (C=O) groups excluding carboxylic acids is 1. The summed E-state index contributed by atoms with van der Waals surface area (Å²) in [6, 6.07) is 14.2. The van der Waals surface area contributed by atoms with Gasteiger partial charge in [0, 0.05) is 13.7 Å². The van der Waals surface area contributed by atoms with E-state index in [1.54, 1.807) is 7.11 Å². The van der Waals surface area contributed by atoms with Crippen molar-refractivity contribution in [3.05, 3.63) is 58.4 Å². The standard InChI is InChI=1S/C23H28N2O3S/c1-5-28-19-10-11-20-21(15-19)29-23(25(20)12-13-27-4)24-22(26)14-17-6-8-18(9-7-17)16(2)3/h6-11,15-16H,5,12-14H2,1-4H3. The van der Waals surface area contributed by atoms with Gasteiger partial charge in [-0.05, 0) is 42.2 Å². The Balaban J connectivity index is 1.90. The molecular formula is C23H28N2O3S. The topological polar surface area (TPSA) is 52.8 Å². The van der Waals surface area contributed by atoms with E-state index in [0.29, 0.717) is 36.9 Å². The van der Waals surface area contributed by atoms with Gasteiger partial charge in [-0.15, -0.1) is 0 Å². The first-order valence-electron chi connectivity index (χ1n) is 9.93. The molecule has 3 aromatic rings. The van der Waals surface area contributed by atoms with Gasteiger partial charge in [0.15, 0.2) is 4.80 Å². The van der Waals surface area contributed by atoms with Gasteiger partial charge < -0.3 is 14.0 Å². The zero-order valence-electron chi connectivity index (χ0n) is 17.5. The van der Waals surface area contributed by atoms with Crippen LogP contribution in [0.5, 0.6) is 5.75 Å². The molecule has 0 aliphatic rings. The molecule has 0 bridgehead atoms. The van der Waals surface area contributed by atoms with E-state index in [0.717, 1.165) is 21.5 Å². The van der Waals surface area contributed by atoms with Gasteiger partial charge in [0.05, 0.1) is 29.9 Å². The number of nitrogens with zero attached hydrogens (tertiary/aromatic N) is 2. The molecule has 0 unspecified atom stereocenters. The maximum Gasteiger partial charge on any atom is 0.252 e. The van der Waals surface area contributed by atoms with Crippen LogP contribution in [0.3, 0.4) is 0 Å². The lowest BCUT2D eigenvalue weighted by Crippen LogP contribution is -2.19. The maximum atomic E-state index is 12.6. The van der Waals surface area contributed by atoms with Crippen LogP contribution in [-0.4, -0.2) is 30.8 Å².